The van der Waals surface area contributed by atoms with E-state index < -0.39 is 5.82 Å². The predicted octanol–water partition coefficient (Wildman–Crippen LogP) is 1.64. The van der Waals surface area contributed by atoms with E-state index in [2.05, 4.69) is 10.1 Å². The number of aromatic nitrogens is 3. The fourth-order valence-electron chi connectivity index (χ4n) is 1.09. The van der Waals surface area contributed by atoms with Crippen molar-refractivity contribution in [3.05, 3.63) is 35.4 Å². The lowest BCUT2D eigenvalue weighted by molar-refractivity contribution is 0.611. The smallest absolute Gasteiger partial charge is 0.239 e. The maximum atomic E-state index is 13.3. The molecule has 0 fully saturated rings. The SMILES string of the molecule is Nc1ncn(-c2c(F)cccc2Cl)n1. The largest absolute Gasteiger partial charge is 0.366 e. The van der Waals surface area contributed by atoms with Crippen LogP contribution >= 0.6 is 11.6 Å². The Morgan fingerprint density at radius 1 is 1.43 bits per heavy atom. The molecule has 1 aromatic carbocycles. The van der Waals surface area contributed by atoms with E-state index in [0.29, 0.717) is 0 Å². The minimum Gasteiger partial charge on any atom is -0.366 e. The average Bonchev–Trinajstić information content (AvgIpc) is 2.51. The van der Waals surface area contributed by atoms with Crippen molar-refractivity contribution in [2.75, 3.05) is 5.73 Å². The Morgan fingerprint density at radius 3 is 2.79 bits per heavy atom. The summed E-state index contributed by atoms with van der Waals surface area (Å²) in [4.78, 5) is 3.68. The first-order valence-corrected chi connectivity index (χ1v) is 4.18. The predicted molar refractivity (Wildman–Crippen MR) is 50.7 cm³/mol. The number of nitrogens with zero attached hydrogens (tertiary/aromatic N) is 3. The molecule has 0 aliphatic carbocycles. The van der Waals surface area contributed by atoms with E-state index in [1.165, 1.54) is 23.1 Å². The Labute approximate surface area is 84.1 Å². The van der Waals surface area contributed by atoms with E-state index in [-0.39, 0.29) is 16.7 Å². The molecule has 0 saturated carbocycles. The Morgan fingerprint density at radius 2 is 2.21 bits per heavy atom. The first-order chi connectivity index (χ1) is 6.68. The van der Waals surface area contributed by atoms with Gasteiger partial charge < -0.3 is 5.73 Å². The fraction of sp³-hybridized carbons (Fsp3) is 0. The van der Waals surface area contributed by atoms with Gasteiger partial charge in [-0.3, -0.25) is 0 Å². The number of nitrogen functional groups attached to an aromatic ring is 1. The van der Waals surface area contributed by atoms with Gasteiger partial charge in [-0.25, -0.2) is 14.1 Å². The van der Waals surface area contributed by atoms with Crippen LogP contribution in [0.4, 0.5) is 10.3 Å². The molecule has 6 heteroatoms. The summed E-state index contributed by atoms with van der Waals surface area (Å²) in [5.74, 6) is -0.397. The fourth-order valence-corrected chi connectivity index (χ4v) is 1.34. The van der Waals surface area contributed by atoms with E-state index in [1.807, 2.05) is 0 Å². The summed E-state index contributed by atoms with van der Waals surface area (Å²) in [6, 6.07) is 4.37. The molecule has 0 saturated heterocycles. The van der Waals surface area contributed by atoms with Crippen molar-refractivity contribution in [2.45, 2.75) is 0 Å². The number of rotatable bonds is 1. The summed E-state index contributed by atoms with van der Waals surface area (Å²) in [5.41, 5.74) is 5.46. The lowest BCUT2D eigenvalue weighted by Gasteiger charge is -2.03. The molecule has 0 spiro atoms. The van der Waals surface area contributed by atoms with Crippen molar-refractivity contribution in [3.63, 3.8) is 0 Å². The van der Waals surface area contributed by atoms with Crippen LogP contribution in [0, 0.1) is 5.82 Å². The average molecular weight is 213 g/mol. The molecule has 0 atom stereocenters. The van der Waals surface area contributed by atoms with Gasteiger partial charge in [0.25, 0.3) is 0 Å². The number of nitrogens with two attached hydrogens (primary N) is 1. The first-order valence-electron chi connectivity index (χ1n) is 3.80. The van der Waals surface area contributed by atoms with Crippen LogP contribution in [0.15, 0.2) is 24.5 Å². The van der Waals surface area contributed by atoms with Crippen molar-refractivity contribution in [1.82, 2.24) is 14.8 Å². The van der Waals surface area contributed by atoms with Gasteiger partial charge in [0, 0.05) is 0 Å². The van der Waals surface area contributed by atoms with Gasteiger partial charge in [-0.1, -0.05) is 17.7 Å². The highest BCUT2D eigenvalue weighted by Crippen LogP contribution is 2.22. The van der Waals surface area contributed by atoms with Crippen molar-refractivity contribution >= 4 is 17.5 Å². The third-order valence-corrected chi connectivity index (χ3v) is 1.98. The summed E-state index contributed by atoms with van der Waals surface area (Å²) in [6.45, 7) is 0. The second-order valence-corrected chi connectivity index (χ2v) is 3.02. The highest BCUT2D eigenvalue weighted by molar-refractivity contribution is 6.32. The Balaban J connectivity index is 2.61. The van der Waals surface area contributed by atoms with Crippen molar-refractivity contribution < 1.29 is 4.39 Å². The quantitative estimate of drug-likeness (QED) is 0.782. The van der Waals surface area contributed by atoms with E-state index in [4.69, 9.17) is 17.3 Å². The van der Waals surface area contributed by atoms with E-state index in [1.54, 1.807) is 6.07 Å². The number of para-hydroxylation sites is 1. The highest BCUT2D eigenvalue weighted by Gasteiger charge is 2.10. The van der Waals surface area contributed by atoms with Gasteiger partial charge in [-0.15, -0.1) is 5.10 Å². The van der Waals surface area contributed by atoms with Crippen LogP contribution in [-0.2, 0) is 0 Å². The van der Waals surface area contributed by atoms with E-state index in [0.717, 1.165) is 0 Å². The number of anilines is 1. The molecule has 0 radical (unpaired) electrons. The molecule has 2 N–H and O–H groups in total. The van der Waals surface area contributed by atoms with Gasteiger partial charge in [-0.05, 0) is 12.1 Å². The van der Waals surface area contributed by atoms with Crippen LogP contribution in [0.2, 0.25) is 5.02 Å². The van der Waals surface area contributed by atoms with Gasteiger partial charge in [0.1, 0.15) is 17.8 Å². The number of halogens is 2. The molecular formula is C8H6ClFN4. The van der Waals surface area contributed by atoms with Crippen molar-refractivity contribution in [1.29, 1.82) is 0 Å². The topological polar surface area (TPSA) is 56.7 Å². The van der Waals surface area contributed by atoms with Crippen molar-refractivity contribution in [3.8, 4) is 5.69 Å². The molecule has 1 aromatic heterocycles. The zero-order valence-electron chi connectivity index (χ0n) is 6.98. The summed E-state index contributed by atoms with van der Waals surface area (Å²) >= 11 is 5.80. The molecule has 0 amide bonds. The third kappa shape index (κ3) is 1.42. The number of benzene rings is 1. The monoisotopic (exact) mass is 212 g/mol. The Hall–Kier alpha value is -1.62. The lowest BCUT2D eigenvalue weighted by Crippen LogP contribution is -2.00. The lowest BCUT2D eigenvalue weighted by atomic mass is 10.3. The Bertz CT molecular complexity index is 448. The van der Waals surface area contributed by atoms with Gasteiger partial charge in [-0.2, -0.15) is 0 Å². The zero-order chi connectivity index (χ0) is 10.1. The minimum atomic E-state index is -0.470. The van der Waals surface area contributed by atoms with Gasteiger partial charge >= 0.3 is 0 Å². The van der Waals surface area contributed by atoms with E-state index in [9.17, 15) is 4.39 Å². The molecule has 0 unspecified atom stereocenters. The molecule has 4 nitrogen and oxygen atoms in total. The van der Waals surface area contributed by atoms with Crippen LogP contribution in [-0.4, -0.2) is 14.8 Å². The zero-order valence-corrected chi connectivity index (χ0v) is 7.74. The molecule has 14 heavy (non-hydrogen) atoms. The van der Waals surface area contributed by atoms with Gasteiger partial charge in [0.05, 0.1) is 5.02 Å². The summed E-state index contributed by atoms with van der Waals surface area (Å²) < 4.78 is 14.5. The van der Waals surface area contributed by atoms with Crippen molar-refractivity contribution in [2.24, 2.45) is 0 Å². The summed E-state index contributed by atoms with van der Waals surface area (Å²) in [7, 11) is 0. The van der Waals surface area contributed by atoms with Gasteiger partial charge in [0.2, 0.25) is 5.95 Å². The molecular weight excluding hydrogens is 207 g/mol. The van der Waals surface area contributed by atoms with Crippen LogP contribution < -0.4 is 5.73 Å². The second-order valence-electron chi connectivity index (χ2n) is 2.62. The molecule has 1 heterocycles. The summed E-state index contributed by atoms with van der Waals surface area (Å²) in [6.07, 6.45) is 1.31. The van der Waals surface area contributed by atoms with E-state index >= 15 is 0 Å². The van der Waals surface area contributed by atoms with Crippen LogP contribution in [0.25, 0.3) is 5.69 Å². The first kappa shape index (κ1) is 8.96. The minimum absolute atomic E-state index is 0.0734. The second kappa shape index (κ2) is 3.26. The summed E-state index contributed by atoms with van der Waals surface area (Å²) in [5, 5.41) is 4.02. The van der Waals surface area contributed by atoms with Crippen LogP contribution in [0.1, 0.15) is 0 Å². The molecule has 2 rings (SSSR count). The van der Waals surface area contributed by atoms with Crippen LogP contribution in [0.5, 0.6) is 0 Å². The van der Waals surface area contributed by atoms with Gasteiger partial charge in [0.15, 0.2) is 0 Å². The Kier molecular flexibility index (Phi) is 2.09. The highest BCUT2D eigenvalue weighted by atomic mass is 35.5. The van der Waals surface area contributed by atoms with Crippen LogP contribution in [0.3, 0.4) is 0 Å². The number of hydrogen-bond acceptors (Lipinski definition) is 3. The molecule has 0 aliphatic heterocycles. The molecule has 0 bridgehead atoms. The number of hydrogen-bond donors (Lipinski definition) is 1. The molecule has 0 aliphatic rings. The maximum absolute atomic E-state index is 13.3. The third-order valence-electron chi connectivity index (χ3n) is 1.68. The maximum Gasteiger partial charge on any atom is 0.239 e. The molecule has 2 aromatic rings. The standard InChI is InChI=1S/C8H6ClFN4/c9-5-2-1-3-6(10)7(5)14-4-12-8(11)13-14/h1-4H,(H2,11,13). The molecule has 72 valence electrons. The normalized spacial score (nSPS) is 10.4.